The minimum Gasteiger partial charge on any atom is -0.489 e. The standard InChI is InChI=1S/C30H25NO4/c1-22-7-14-26(15-8-22)31-30(33)25-12-18-28(19-13-25)35-29(32)20-11-23-9-16-27(17-10-23)34-21-24-5-3-2-4-6-24/h2-20H,21H2,1H3,(H,31,33)/b20-11+. The minimum absolute atomic E-state index is 0.233. The van der Waals surface area contributed by atoms with Crippen molar-refractivity contribution < 1.29 is 19.1 Å². The van der Waals surface area contributed by atoms with Gasteiger partial charge in [-0.2, -0.15) is 0 Å². The van der Waals surface area contributed by atoms with Gasteiger partial charge in [-0.3, -0.25) is 4.79 Å². The molecule has 0 atom stereocenters. The van der Waals surface area contributed by atoms with Crippen molar-refractivity contribution in [3.8, 4) is 11.5 Å². The Bertz CT molecular complexity index is 1290. The Morgan fingerprint density at radius 2 is 1.43 bits per heavy atom. The predicted octanol–water partition coefficient (Wildman–Crippen LogP) is 6.45. The van der Waals surface area contributed by atoms with Crippen LogP contribution in [0.15, 0.2) is 109 Å². The van der Waals surface area contributed by atoms with Crippen LogP contribution in [0.3, 0.4) is 0 Å². The molecule has 0 saturated heterocycles. The maximum Gasteiger partial charge on any atom is 0.336 e. The van der Waals surface area contributed by atoms with Gasteiger partial charge in [0.05, 0.1) is 0 Å². The summed E-state index contributed by atoms with van der Waals surface area (Å²) in [4.78, 5) is 24.6. The highest BCUT2D eigenvalue weighted by Gasteiger charge is 2.07. The molecule has 5 nitrogen and oxygen atoms in total. The number of rotatable bonds is 8. The van der Waals surface area contributed by atoms with Gasteiger partial charge in [-0.05, 0) is 72.7 Å². The molecule has 0 bridgehead atoms. The van der Waals surface area contributed by atoms with Crippen LogP contribution >= 0.6 is 0 Å². The van der Waals surface area contributed by atoms with Crippen LogP contribution < -0.4 is 14.8 Å². The Morgan fingerprint density at radius 1 is 0.771 bits per heavy atom. The number of carbonyl (C=O) groups is 2. The zero-order valence-electron chi connectivity index (χ0n) is 19.3. The molecule has 35 heavy (non-hydrogen) atoms. The Labute approximate surface area is 204 Å². The number of hydrogen-bond acceptors (Lipinski definition) is 4. The first-order valence-corrected chi connectivity index (χ1v) is 11.2. The van der Waals surface area contributed by atoms with Gasteiger partial charge in [0.1, 0.15) is 18.1 Å². The second-order valence-electron chi connectivity index (χ2n) is 7.94. The third-order valence-corrected chi connectivity index (χ3v) is 5.18. The van der Waals surface area contributed by atoms with E-state index in [1.807, 2.05) is 85.8 Å². The number of benzene rings is 4. The van der Waals surface area contributed by atoms with Crippen molar-refractivity contribution in [3.63, 3.8) is 0 Å². The molecular formula is C30H25NO4. The Balaban J connectivity index is 1.26. The number of ether oxygens (including phenoxy) is 2. The molecule has 0 saturated carbocycles. The summed E-state index contributed by atoms with van der Waals surface area (Å²) in [7, 11) is 0. The lowest BCUT2D eigenvalue weighted by Crippen LogP contribution is -2.12. The van der Waals surface area contributed by atoms with Gasteiger partial charge in [0.15, 0.2) is 0 Å². The predicted molar refractivity (Wildman–Crippen MR) is 137 cm³/mol. The summed E-state index contributed by atoms with van der Waals surface area (Å²) in [5.74, 6) is 0.366. The summed E-state index contributed by atoms with van der Waals surface area (Å²) < 4.78 is 11.1. The Hall–Kier alpha value is -4.64. The van der Waals surface area contributed by atoms with Crippen LogP contribution in [0.25, 0.3) is 6.08 Å². The largest absolute Gasteiger partial charge is 0.489 e. The molecular weight excluding hydrogens is 438 g/mol. The average Bonchev–Trinajstić information content (AvgIpc) is 2.89. The lowest BCUT2D eigenvalue weighted by atomic mass is 10.2. The van der Waals surface area contributed by atoms with Gasteiger partial charge in [-0.25, -0.2) is 4.79 Å². The molecule has 5 heteroatoms. The molecule has 1 N–H and O–H groups in total. The molecule has 0 aliphatic carbocycles. The Morgan fingerprint density at radius 3 is 2.11 bits per heavy atom. The zero-order valence-corrected chi connectivity index (χ0v) is 19.3. The number of anilines is 1. The average molecular weight is 464 g/mol. The number of nitrogens with one attached hydrogen (secondary N) is 1. The molecule has 1 amide bonds. The molecule has 4 aromatic rings. The monoisotopic (exact) mass is 463 g/mol. The molecule has 0 fully saturated rings. The summed E-state index contributed by atoms with van der Waals surface area (Å²) in [6.07, 6.45) is 3.03. The van der Waals surface area contributed by atoms with E-state index < -0.39 is 5.97 Å². The van der Waals surface area contributed by atoms with Crippen LogP contribution in [-0.4, -0.2) is 11.9 Å². The molecule has 0 heterocycles. The topological polar surface area (TPSA) is 64.6 Å². The van der Waals surface area contributed by atoms with Crippen molar-refractivity contribution in [2.45, 2.75) is 13.5 Å². The van der Waals surface area contributed by atoms with Gasteiger partial charge in [-0.1, -0.05) is 60.2 Å². The van der Waals surface area contributed by atoms with Crippen molar-refractivity contribution in [1.29, 1.82) is 0 Å². The molecule has 0 spiro atoms. The van der Waals surface area contributed by atoms with Crippen LogP contribution in [0.2, 0.25) is 0 Å². The fourth-order valence-corrected chi connectivity index (χ4v) is 3.25. The van der Waals surface area contributed by atoms with E-state index in [9.17, 15) is 9.59 Å². The van der Waals surface area contributed by atoms with Crippen molar-refractivity contribution in [2.75, 3.05) is 5.32 Å². The van der Waals surface area contributed by atoms with Crippen molar-refractivity contribution in [2.24, 2.45) is 0 Å². The van der Waals surface area contributed by atoms with E-state index in [1.54, 1.807) is 30.3 Å². The highest BCUT2D eigenvalue weighted by molar-refractivity contribution is 6.04. The quantitative estimate of drug-likeness (QED) is 0.185. The molecule has 0 radical (unpaired) electrons. The van der Waals surface area contributed by atoms with Gasteiger partial charge in [0.2, 0.25) is 0 Å². The second kappa shape index (κ2) is 11.5. The first-order chi connectivity index (χ1) is 17.0. The molecule has 4 rings (SSSR count). The van der Waals surface area contributed by atoms with E-state index in [0.717, 1.165) is 28.1 Å². The highest BCUT2D eigenvalue weighted by Crippen LogP contribution is 2.17. The summed E-state index contributed by atoms with van der Waals surface area (Å²) in [6.45, 7) is 2.48. The number of hydrogen-bond donors (Lipinski definition) is 1. The highest BCUT2D eigenvalue weighted by atomic mass is 16.5. The summed E-state index contributed by atoms with van der Waals surface area (Å²) in [5, 5.41) is 2.84. The van der Waals surface area contributed by atoms with E-state index in [2.05, 4.69) is 5.32 Å². The number of carbonyl (C=O) groups excluding carboxylic acids is 2. The smallest absolute Gasteiger partial charge is 0.336 e. The van der Waals surface area contributed by atoms with Gasteiger partial charge < -0.3 is 14.8 Å². The third kappa shape index (κ3) is 7.17. The minimum atomic E-state index is -0.508. The van der Waals surface area contributed by atoms with Crippen LogP contribution in [-0.2, 0) is 11.4 Å². The van der Waals surface area contributed by atoms with Crippen molar-refractivity contribution >= 4 is 23.6 Å². The number of esters is 1. The second-order valence-corrected chi connectivity index (χ2v) is 7.94. The number of aryl methyl sites for hydroxylation is 1. The van der Waals surface area contributed by atoms with Crippen LogP contribution in [0.5, 0.6) is 11.5 Å². The molecule has 4 aromatic carbocycles. The lowest BCUT2D eigenvalue weighted by molar-refractivity contribution is -0.128. The van der Waals surface area contributed by atoms with Crippen molar-refractivity contribution in [3.05, 3.63) is 131 Å². The zero-order chi connectivity index (χ0) is 24.5. The van der Waals surface area contributed by atoms with E-state index in [4.69, 9.17) is 9.47 Å². The summed E-state index contributed by atoms with van der Waals surface area (Å²) in [5.41, 5.74) is 4.25. The van der Waals surface area contributed by atoms with E-state index in [-0.39, 0.29) is 5.91 Å². The Kier molecular flexibility index (Phi) is 7.71. The number of amides is 1. The maximum absolute atomic E-state index is 12.4. The molecule has 0 aromatic heterocycles. The lowest BCUT2D eigenvalue weighted by Gasteiger charge is -2.07. The van der Waals surface area contributed by atoms with Gasteiger partial charge in [0, 0.05) is 17.3 Å². The first kappa shape index (κ1) is 23.5. The SMILES string of the molecule is Cc1ccc(NC(=O)c2ccc(OC(=O)/C=C/c3ccc(OCc4ccccc4)cc3)cc2)cc1. The molecule has 174 valence electrons. The first-order valence-electron chi connectivity index (χ1n) is 11.2. The van der Waals surface area contributed by atoms with Crippen LogP contribution in [0.1, 0.15) is 27.0 Å². The maximum atomic E-state index is 12.4. The van der Waals surface area contributed by atoms with Gasteiger partial charge in [-0.15, -0.1) is 0 Å². The van der Waals surface area contributed by atoms with Gasteiger partial charge >= 0.3 is 5.97 Å². The fraction of sp³-hybridized carbons (Fsp3) is 0.0667. The molecule has 0 unspecified atom stereocenters. The normalized spacial score (nSPS) is 10.7. The van der Waals surface area contributed by atoms with Crippen molar-refractivity contribution in [1.82, 2.24) is 0 Å². The van der Waals surface area contributed by atoms with Gasteiger partial charge in [0.25, 0.3) is 5.91 Å². The third-order valence-electron chi connectivity index (χ3n) is 5.18. The fourth-order valence-electron chi connectivity index (χ4n) is 3.25. The summed E-state index contributed by atoms with van der Waals surface area (Å²) in [6, 6.07) is 31.4. The molecule has 0 aliphatic heterocycles. The summed E-state index contributed by atoms with van der Waals surface area (Å²) >= 11 is 0. The van der Waals surface area contributed by atoms with E-state index in [1.165, 1.54) is 6.08 Å². The molecule has 0 aliphatic rings. The van der Waals surface area contributed by atoms with Crippen LogP contribution in [0.4, 0.5) is 5.69 Å². The van der Waals surface area contributed by atoms with E-state index >= 15 is 0 Å². The van der Waals surface area contributed by atoms with E-state index in [0.29, 0.717) is 17.9 Å². The van der Waals surface area contributed by atoms with Crippen LogP contribution in [0, 0.1) is 6.92 Å².